The predicted octanol–water partition coefficient (Wildman–Crippen LogP) is 3.59. The maximum atomic E-state index is 13.3. The molecule has 0 aromatic heterocycles. The molecule has 4 nitrogen and oxygen atoms in total. The molecule has 1 aromatic carbocycles. The molecule has 4 rings (SSSR count). The molecule has 0 atom stereocenters. The van der Waals surface area contributed by atoms with Crippen LogP contribution in [0.4, 0.5) is 0 Å². The summed E-state index contributed by atoms with van der Waals surface area (Å²) in [5.41, 5.74) is 2.15. The molecule has 0 spiro atoms. The number of nitrogens with zero attached hydrogens (tertiary/aromatic N) is 2. The van der Waals surface area contributed by atoms with Crippen LogP contribution in [0.5, 0.6) is 0 Å². The highest BCUT2D eigenvalue weighted by Crippen LogP contribution is 2.36. The highest BCUT2D eigenvalue weighted by atomic mass is 16.2. The zero-order valence-corrected chi connectivity index (χ0v) is 14.7. The van der Waals surface area contributed by atoms with Crippen molar-refractivity contribution < 1.29 is 9.59 Å². The molecule has 25 heavy (non-hydrogen) atoms. The first-order valence-electron chi connectivity index (χ1n) is 9.70. The van der Waals surface area contributed by atoms with Gasteiger partial charge in [-0.05, 0) is 31.2 Å². The summed E-state index contributed by atoms with van der Waals surface area (Å²) in [6.07, 6.45) is 8.74. The van der Waals surface area contributed by atoms with E-state index in [9.17, 15) is 9.59 Å². The van der Waals surface area contributed by atoms with E-state index in [2.05, 4.69) is 4.90 Å². The summed E-state index contributed by atoms with van der Waals surface area (Å²) in [6.45, 7) is 1.76. The minimum absolute atomic E-state index is 0.0577. The first kappa shape index (κ1) is 16.4. The molecule has 132 valence electrons. The van der Waals surface area contributed by atoms with E-state index in [0.29, 0.717) is 11.3 Å². The summed E-state index contributed by atoms with van der Waals surface area (Å²) in [7, 11) is 0. The Morgan fingerprint density at radius 2 is 1.40 bits per heavy atom. The molecule has 0 unspecified atom stereocenters. The summed E-state index contributed by atoms with van der Waals surface area (Å²) in [5, 5.41) is 0. The summed E-state index contributed by atoms with van der Waals surface area (Å²) in [4.78, 5) is 30.4. The number of rotatable bonds is 3. The van der Waals surface area contributed by atoms with Gasteiger partial charge < -0.3 is 4.90 Å². The lowest BCUT2D eigenvalue weighted by Gasteiger charge is -2.26. The number of imide groups is 1. The molecular weight excluding hydrogens is 312 g/mol. The predicted molar refractivity (Wildman–Crippen MR) is 97.5 cm³/mol. The Bertz CT molecular complexity index is 681. The van der Waals surface area contributed by atoms with Gasteiger partial charge in [-0.15, -0.1) is 0 Å². The molecule has 0 radical (unpaired) electrons. The third-order valence-electron chi connectivity index (χ3n) is 5.77. The molecule has 3 aliphatic rings. The Kier molecular flexibility index (Phi) is 4.60. The van der Waals surface area contributed by atoms with Crippen molar-refractivity contribution in [2.45, 2.75) is 57.4 Å². The van der Waals surface area contributed by atoms with Gasteiger partial charge >= 0.3 is 0 Å². The standard InChI is InChI=1S/C21H26N2O2/c24-20-18(16-10-4-3-5-11-16)19(22-14-8-9-15-22)21(25)23(20)17-12-6-1-2-7-13-17/h3-5,10-11,17H,1-2,6-9,12-15H2. The maximum absolute atomic E-state index is 13.3. The van der Waals surface area contributed by atoms with E-state index in [1.54, 1.807) is 4.90 Å². The molecule has 2 amide bonds. The molecule has 1 saturated carbocycles. The largest absolute Gasteiger partial charge is 0.366 e. The van der Waals surface area contributed by atoms with Crippen LogP contribution < -0.4 is 0 Å². The van der Waals surface area contributed by atoms with E-state index in [0.717, 1.165) is 57.2 Å². The number of benzene rings is 1. The van der Waals surface area contributed by atoms with Gasteiger partial charge in [0, 0.05) is 19.1 Å². The lowest BCUT2D eigenvalue weighted by molar-refractivity contribution is -0.140. The molecule has 1 aliphatic carbocycles. The maximum Gasteiger partial charge on any atom is 0.278 e. The fraction of sp³-hybridized carbons (Fsp3) is 0.524. The monoisotopic (exact) mass is 338 g/mol. The molecular formula is C21H26N2O2. The van der Waals surface area contributed by atoms with Crippen molar-refractivity contribution in [3.63, 3.8) is 0 Å². The van der Waals surface area contributed by atoms with Crippen LogP contribution in [0, 0.1) is 0 Å². The Morgan fingerprint density at radius 1 is 0.760 bits per heavy atom. The first-order valence-corrected chi connectivity index (χ1v) is 9.70. The fourth-order valence-electron chi connectivity index (χ4n) is 4.48. The molecule has 1 saturated heterocycles. The highest BCUT2D eigenvalue weighted by molar-refractivity contribution is 6.35. The Balaban J connectivity index is 1.73. The number of hydrogen-bond donors (Lipinski definition) is 0. The van der Waals surface area contributed by atoms with Gasteiger partial charge in [0.25, 0.3) is 11.8 Å². The van der Waals surface area contributed by atoms with Crippen LogP contribution in [0.3, 0.4) is 0 Å². The van der Waals surface area contributed by atoms with E-state index >= 15 is 0 Å². The number of amides is 2. The molecule has 2 fully saturated rings. The fourth-order valence-corrected chi connectivity index (χ4v) is 4.48. The number of carbonyl (C=O) groups is 2. The van der Waals surface area contributed by atoms with Gasteiger partial charge in [0.05, 0.1) is 5.57 Å². The summed E-state index contributed by atoms with van der Waals surface area (Å²) in [5.74, 6) is -0.136. The van der Waals surface area contributed by atoms with Crippen molar-refractivity contribution in [3.05, 3.63) is 41.6 Å². The molecule has 2 aliphatic heterocycles. The molecule has 0 N–H and O–H groups in total. The second kappa shape index (κ2) is 7.03. The van der Waals surface area contributed by atoms with Crippen LogP contribution in [0.2, 0.25) is 0 Å². The van der Waals surface area contributed by atoms with Crippen LogP contribution >= 0.6 is 0 Å². The quantitative estimate of drug-likeness (QED) is 0.625. The van der Waals surface area contributed by atoms with Crippen molar-refractivity contribution in [1.82, 2.24) is 9.80 Å². The van der Waals surface area contributed by atoms with E-state index < -0.39 is 0 Å². The summed E-state index contributed by atoms with van der Waals surface area (Å²) in [6, 6.07) is 9.80. The van der Waals surface area contributed by atoms with Gasteiger partial charge in [-0.3, -0.25) is 14.5 Å². The number of hydrogen-bond acceptors (Lipinski definition) is 3. The van der Waals surface area contributed by atoms with Gasteiger partial charge in [0.2, 0.25) is 0 Å². The average molecular weight is 338 g/mol. The van der Waals surface area contributed by atoms with Crippen LogP contribution in [0.15, 0.2) is 36.0 Å². The molecule has 2 heterocycles. The number of carbonyl (C=O) groups excluding carboxylic acids is 2. The third kappa shape index (κ3) is 2.99. The van der Waals surface area contributed by atoms with Gasteiger partial charge in [0.1, 0.15) is 5.70 Å². The van der Waals surface area contributed by atoms with Crippen molar-refractivity contribution in [3.8, 4) is 0 Å². The zero-order chi connectivity index (χ0) is 17.2. The van der Waals surface area contributed by atoms with Crippen LogP contribution in [0.1, 0.15) is 56.9 Å². The minimum Gasteiger partial charge on any atom is -0.366 e. The lowest BCUT2D eigenvalue weighted by atomic mass is 10.0. The van der Waals surface area contributed by atoms with Crippen molar-refractivity contribution in [2.75, 3.05) is 13.1 Å². The van der Waals surface area contributed by atoms with Gasteiger partial charge in [-0.2, -0.15) is 0 Å². The Hall–Kier alpha value is -2.10. The SMILES string of the molecule is O=C1C(c2ccccc2)=C(N2CCCC2)C(=O)N1C1CCCCCC1. The smallest absolute Gasteiger partial charge is 0.278 e. The van der Waals surface area contributed by atoms with Crippen molar-refractivity contribution >= 4 is 17.4 Å². The third-order valence-corrected chi connectivity index (χ3v) is 5.77. The van der Waals surface area contributed by atoms with E-state index in [4.69, 9.17) is 0 Å². The average Bonchev–Trinajstić information content (AvgIpc) is 3.14. The first-order chi connectivity index (χ1) is 12.3. The van der Waals surface area contributed by atoms with Gasteiger partial charge in [0.15, 0.2) is 0 Å². The van der Waals surface area contributed by atoms with Crippen molar-refractivity contribution in [2.24, 2.45) is 0 Å². The van der Waals surface area contributed by atoms with E-state index in [1.165, 1.54) is 12.8 Å². The van der Waals surface area contributed by atoms with Gasteiger partial charge in [-0.1, -0.05) is 56.0 Å². The van der Waals surface area contributed by atoms with E-state index in [-0.39, 0.29) is 17.9 Å². The topological polar surface area (TPSA) is 40.6 Å². The van der Waals surface area contributed by atoms with Crippen LogP contribution in [-0.4, -0.2) is 40.7 Å². The lowest BCUT2D eigenvalue weighted by Crippen LogP contribution is -2.42. The minimum atomic E-state index is -0.0787. The molecule has 4 heteroatoms. The van der Waals surface area contributed by atoms with E-state index in [1.807, 2.05) is 30.3 Å². The zero-order valence-electron chi connectivity index (χ0n) is 14.7. The summed E-state index contributed by atoms with van der Waals surface area (Å²) >= 11 is 0. The number of likely N-dealkylation sites (tertiary alicyclic amines) is 1. The Morgan fingerprint density at radius 3 is 2.04 bits per heavy atom. The van der Waals surface area contributed by atoms with Gasteiger partial charge in [-0.25, -0.2) is 0 Å². The Labute approximate surface area is 149 Å². The summed E-state index contributed by atoms with van der Waals surface area (Å²) < 4.78 is 0. The molecule has 1 aromatic rings. The van der Waals surface area contributed by atoms with Crippen molar-refractivity contribution in [1.29, 1.82) is 0 Å². The highest BCUT2D eigenvalue weighted by Gasteiger charge is 2.44. The second-order valence-electron chi connectivity index (χ2n) is 7.41. The van der Waals surface area contributed by atoms with Crippen LogP contribution in [-0.2, 0) is 9.59 Å². The second-order valence-corrected chi connectivity index (χ2v) is 7.41. The normalized spacial score (nSPS) is 22.9. The van der Waals surface area contributed by atoms with Crippen LogP contribution in [0.25, 0.3) is 5.57 Å². The molecule has 0 bridgehead atoms.